The molecular formula is C29H22ClN3O4S. The van der Waals surface area contributed by atoms with E-state index >= 15 is 0 Å². The van der Waals surface area contributed by atoms with Crippen LogP contribution in [0.25, 0.3) is 17.0 Å². The summed E-state index contributed by atoms with van der Waals surface area (Å²) >= 11 is 6.67. The highest BCUT2D eigenvalue weighted by Gasteiger charge is 2.36. The highest BCUT2D eigenvalue weighted by Crippen LogP contribution is 2.34. The van der Waals surface area contributed by atoms with Gasteiger partial charge in [-0.25, -0.2) is 0 Å². The number of amides is 3. The van der Waals surface area contributed by atoms with Crippen LogP contribution in [0.3, 0.4) is 0 Å². The molecule has 3 amide bonds. The molecule has 5 rings (SSSR count). The molecule has 0 radical (unpaired) electrons. The maximum atomic E-state index is 13.1. The average molecular weight is 544 g/mol. The van der Waals surface area contributed by atoms with Crippen LogP contribution in [0.15, 0.2) is 90.0 Å². The van der Waals surface area contributed by atoms with Crippen LogP contribution in [-0.2, 0) is 22.7 Å². The van der Waals surface area contributed by atoms with Crippen molar-refractivity contribution < 1.29 is 19.2 Å². The quantitative estimate of drug-likeness (QED) is 0.233. The number of imide groups is 1. The zero-order valence-electron chi connectivity index (χ0n) is 20.1. The van der Waals surface area contributed by atoms with Crippen molar-refractivity contribution >= 4 is 63.2 Å². The molecule has 1 aliphatic rings. The minimum absolute atomic E-state index is 0.0955. The summed E-state index contributed by atoms with van der Waals surface area (Å²) in [4.78, 5) is 52.1. The van der Waals surface area contributed by atoms with Gasteiger partial charge in [-0.3, -0.25) is 24.1 Å². The number of ketones is 1. The highest BCUT2D eigenvalue weighted by molar-refractivity contribution is 8.18. The Balaban J connectivity index is 1.33. The molecule has 4 aromatic rings. The van der Waals surface area contributed by atoms with Crippen molar-refractivity contribution in [3.8, 4) is 0 Å². The van der Waals surface area contributed by atoms with Crippen LogP contribution < -0.4 is 5.32 Å². The lowest BCUT2D eigenvalue weighted by atomic mass is 10.1. The normalized spacial score (nSPS) is 14.4. The number of carbonyl (C=O) groups is 4. The Morgan fingerprint density at radius 3 is 2.37 bits per heavy atom. The summed E-state index contributed by atoms with van der Waals surface area (Å²) in [5, 5.41) is 3.75. The van der Waals surface area contributed by atoms with E-state index in [4.69, 9.17) is 11.6 Å². The Kier molecular flexibility index (Phi) is 7.44. The third kappa shape index (κ3) is 5.56. The lowest BCUT2D eigenvalue weighted by Crippen LogP contribution is -2.33. The number of carbonyl (C=O) groups excluding carboxylic acids is 4. The van der Waals surface area contributed by atoms with Gasteiger partial charge in [0.25, 0.3) is 11.1 Å². The molecule has 0 unspecified atom stereocenters. The Morgan fingerprint density at radius 2 is 1.61 bits per heavy atom. The summed E-state index contributed by atoms with van der Waals surface area (Å²) in [6, 6.07) is 23.5. The molecule has 0 spiro atoms. The molecule has 1 aromatic heterocycles. The van der Waals surface area contributed by atoms with Gasteiger partial charge in [-0.1, -0.05) is 60.1 Å². The summed E-state index contributed by atoms with van der Waals surface area (Å²) in [6.45, 7) is 0.166. The zero-order chi connectivity index (χ0) is 26.6. The number of rotatable bonds is 8. The minimum atomic E-state index is -0.528. The van der Waals surface area contributed by atoms with E-state index in [1.807, 2.05) is 59.2 Å². The number of hydrogen-bond donors (Lipinski definition) is 1. The van der Waals surface area contributed by atoms with E-state index in [0.29, 0.717) is 22.7 Å². The minimum Gasteiger partial charge on any atom is -0.350 e. The van der Waals surface area contributed by atoms with Crippen LogP contribution >= 0.6 is 23.4 Å². The van der Waals surface area contributed by atoms with Crippen LogP contribution in [0, 0.1) is 0 Å². The molecule has 1 N–H and O–H groups in total. The Hall–Kier alpha value is -4.14. The van der Waals surface area contributed by atoms with Gasteiger partial charge in [0.2, 0.25) is 5.91 Å². The van der Waals surface area contributed by atoms with Gasteiger partial charge in [0, 0.05) is 39.8 Å². The average Bonchev–Trinajstić information content (AvgIpc) is 3.40. The number of benzene rings is 3. The molecule has 2 heterocycles. The molecule has 1 saturated heterocycles. The van der Waals surface area contributed by atoms with Gasteiger partial charge in [-0.05, 0) is 53.7 Å². The lowest BCUT2D eigenvalue weighted by Gasteiger charge is -2.11. The SMILES string of the molecule is O=C(Cn1cc(/C=C2\SC(=O)N(CC(=O)c3ccc(Cl)cc3)C2=O)c2ccccc21)NCc1ccccc1. The van der Waals surface area contributed by atoms with Gasteiger partial charge in [0.05, 0.1) is 11.4 Å². The first-order valence-electron chi connectivity index (χ1n) is 11.8. The fourth-order valence-electron chi connectivity index (χ4n) is 4.18. The number of thioether (sulfide) groups is 1. The summed E-state index contributed by atoms with van der Waals surface area (Å²) < 4.78 is 1.82. The van der Waals surface area contributed by atoms with Gasteiger partial charge in [-0.2, -0.15) is 0 Å². The zero-order valence-corrected chi connectivity index (χ0v) is 21.7. The number of para-hydroxylation sites is 1. The van der Waals surface area contributed by atoms with E-state index in [1.165, 1.54) is 0 Å². The molecule has 190 valence electrons. The maximum Gasteiger partial charge on any atom is 0.293 e. The summed E-state index contributed by atoms with van der Waals surface area (Å²) in [5.41, 5.74) is 2.90. The summed E-state index contributed by atoms with van der Waals surface area (Å²) in [6.07, 6.45) is 3.43. The van der Waals surface area contributed by atoms with Gasteiger partial charge in [0.15, 0.2) is 5.78 Å². The largest absolute Gasteiger partial charge is 0.350 e. The van der Waals surface area contributed by atoms with Crippen molar-refractivity contribution in [3.63, 3.8) is 0 Å². The standard InChI is InChI=1S/C29H22ClN3O4S/c30-22-12-10-20(11-13-22)25(34)17-33-28(36)26(38-29(33)37)14-21-16-32(24-9-5-4-8-23(21)24)18-27(35)31-15-19-6-2-1-3-7-19/h1-14,16H,15,17-18H2,(H,31,35)/b26-14-. The molecule has 0 atom stereocenters. The van der Waals surface area contributed by atoms with Crippen LogP contribution in [-0.4, -0.2) is 38.8 Å². The van der Waals surface area contributed by atoms with Crippen LogP contribution in [0.1, 0.15) is 21.5 Å². The first-order chi connectivity index (χ1) is 18.4. The van der Waals surface area contributed by atoms with Crippen molar-refractivity contribution in [2.75, 3.05) is 6.54 Å². The van der Waals surface area contributed by atoms with Gasteiger partial charge < -0.3 is 9.88 Å². The van der Waals surface area contributed by atoms with E-state index in [2.05, 4.69) is 5.32 Å². The number of aromatic nitrogens is 1. The molecule has 0 saturated carbocycles. The van der Waals surface area contributed by atoms with Gasteiger partial charge >= 0.3 is 0 Å². The number of halogens is 1. The van der Waals surface area contributed by atoms with E-state index in [1.54, 1.807) is 36.5 Å². The van der Waals surface area contributed by atoms with Crippen molar-refractivity contribution in [2.45, 2.75) is 13.1 Å². The monoisotopic (exact) mass is 543 g/mol. The first-order valence-corrected chi connectivity index (χ1v) is 13.0. The van der Waals surface area contributed by atoms with Crippen molar-refractivity contribution in [1.82, 2.24) is 14.8 Å². The second-order valence-corrected chi connectivity index (χ2v) is 10.1. The Bertz CT molecular complexity index is 1580. The third-order valence-corrected chi connectivity index (χ3v) is 7.25. The number of fused-ring (bicyclic) bond motifs is 1. The molecule has 0 aliphatic carbocycles. The third-order valence-electron chi connectivity index (χ3n) is 6.09. The van der Waals surface area contributed by atoms with Crippen molar-refractivity contribution in [1.29, 1.82) is 0 Å². The molecule has 1 aliphatic heterocycles. The number of hydrogen-bond acceptors (Lipinski definition) is 5. The Labute approximate surface area is 228 Å². The number of nitrogens with zero attached hydrogens (tertiary/aromatic N) is 2. The van der Waals surface area contributed by atoms with Gasteiger partial charge in [-0.15, -0.1) is 0 Å². The molecule has 1 fully saturated rings. The molecule has 9 heteroatoms. The lowest BCUT2D eigenvalue weighted by molar-refractivity contribution is -0.123. The predicted molar refractivity (Wildman–Crippen MR) is 149 cm³/mol. The van der Waals surface area contributed by atoms with E-state index in [0.717, 1.165) is 33.1 Å². The fourth-order valence-corrected chi connectivity index (χ4v) is 5.13. The second-order valence-electron chi connectivity index (χ2n) is 8.69. The smallest absolute Gasteiger partial charge is 0.293 e. The molecule has 7 nitrogen and oxygen atoms in total. The second kappa shape index (κ2) is 11.1. The number of nitrogens with one attached hydrogen (secondary N) is 1. The summed E-state index contributed by atoms with van der Waals surface area (Å²) in [5.74, 6) is -1.04. The highest BCUT2D eigenvalue weighted by atomic mass is 35.5. The van der Waals surface area contributed by atoms with Gasteiger partial charge in [0.1, 0.15) is 6.54 Å². The number of Topliss-reactive ketones (excluding diaryl/α,β-unsaturated/α-hetero) is 1. The van der Waals surface area contributed by atoms with Crippen molar-refractivity contribution in [2.24, 2.45) is 0 Å². The van der Waals surface area contributed by atoms with E-state index in [-0.39, 0.29) is 29.7 Å². The molecule has 0 bridgehead atoms. The topological polar surface area (TPSA) is 88.5 Å². The van der Waals surface area contributed by atoms with E-state index < -0.39 is 11.1 Å². The fraction of sp³-hybridized carbons (Fsp3) is 0.103. The molecular weight excluding hydrogens is 522 g/mol. The van der Waals surface area contributed by atoms with Crippen LogP contribution in [0.2, 0.25) is 5.02 Å². The van der Waals surface area contributed by atoms with E-state index in [9.17, 15) is 19.2 Å². The predicted octanol–water partition coefficient (Wildman–Crippen LogP) is 5.53. The molecule has 3 aromatic carbocycles. The maximum absolute atomic E-state index is 13.1. The first kappa shape index (κ1) is 25.5. The summed E-state index contributed by atoms with van der Waals surface area (Å²) in [7, 11) is 0. The molecule has 38 heavy (non-hydrogen) atoms. The van der Waals surface area contributed by atoms with Crippen LogP contribution in [0.4, 0.5) is 4.79 Å². The van der Waals surface area contributed by atoms with Crippen molar-refractivity contribution in [3.05, 3.63) is 112 Å². The van der Waals surface area contributed by atoms with Crippen LogP contribution in [0.5, 0.6) is 0 Å². The Morgan fingerprint density at radius 1 is 0.895 bits per heavy atom.